The maximum atomic E-state index is 12.2. The van der Waals surface area contributed by atoms with E-state index in [1.54, 1.807) is 12.0 Å². The molecule has 94 valence electrons. The predicted octanol–water partition coefficient (Wildman–Crippen LogP) is 0.341. The molecule has 5 nitrogen and oxygen atoms in total. The summed E-state index contributed by atoms with van der Waals surface area (Å²) < 4.78 is 6.89. The van der Waals surface area contributed by atoms with E-state index in [1.807, 2.05) is 22.9 Å². The largest absolute Gasteiger partial charge is 0.391 e. The van der Waals surface area contributed by atoms with E-state index in [2.05, 4.69) is 0 Å². The smallest absolute Gasteiger partial charge is 0.270 e. The quantitative estimate of drug-likeness (QED) is 0.823. The summed E-state index contributed by atoms with van der Waals surface area (Å²) in [7, 11) is 1.64. The number of aliphatic hydroxyl groups excluding tert-OH is 1. The minimum Gasteiger partial charge on any atom is -0.391 e. The molecule has 0 unspecified atom stereocenters. The Hall–Kier alpha value is -1.33. The maximum Gasteiger partial charge on any atom is 0.270 e. The molecule has 0 aliphatic carbocycles. The Labute approximate surface area is 101 Å². The normalized spacial score (nSPS) is 19.9. The molecule has 1 fully saturated rings. The van der Waals surface area contributed by atoms with Gasteiger partial charge in [0.2, 0.25) is 0 Å². The Kier molecular flexibility index (Phi) is 3.81. The standard InChI is InChI=1S/C12H18N2O3/c1-17-8-7-13-5-2-3-11(13)12(16)14-6-4-10(15)9-14/h2-3,5,10,15H,4,6-9H2,1H3/t10-/m0/s1. The van der Waals surface area contributed by atoms with Crippen molar-refractivity contribution in [2.45, 2.75) is 19.1 Å². The van der Waals surface area contributed by atoms with Crippen LogP contribution in [0.2, 0.25) is 0 Å². The lowest BCUT2D eigenvalue weighted by Crippen LogP contribution is -2.31. The van der Waals surface area contributed by atoms with Gasteiger partial charge >= 0.3 is 0 Å². The van der Waals surface area contributed by atoms with Crippen LogP contribution in [0.4, 0.5) is 0 Å². The third kappa shape index (κ3) is 2.68. The molecule has 0 aromatic carbocycles. The zero-order valence-corrected chi connectivity index (χ0v) is 10.0. The number of amides is 1. The SMILES string of the molecule is COCCn1cccc1C(=O)N1CC[C@H](O)C1. The van der Waals surface area contributed by atoms with E-state index in [-0.39, 0.29) is 12.0 Å². The van der Waals surface area contributed by atoms with Crippen LogP contribution in [-0.2, 0) is 11.3 Å². The van der Waals surface area contributed by atoms with Gasteiger partial charge in [-0.15, -0.1) is 0 Å². The van der Waals surface area contributed by atoms with Crippen molar-refractivity contribution in [3.05, 3.63) is 24.0 Å². The Morgan fingerprint density at radius 1 is 1.65 bits per heavy atom. The monoisotopic (exact) mass is 238 g/mol. The summed E-state index contributed by atoms with van der Waals surface area (Å²) in [5, 5.41) is 9.44. The molecule has 5 heteroatoms. The van der Waals surface area contributed by atoms with Crippen molar-refractivity contribution < 1.29 is 14.6 Å². The third-order valence-electron chi connectivity index (χ3n) is 3.04. The molecular formula is C12H18N2O3. The summed E-state index contributed by atoms with van der Waals surface area (Å²) in [4.78, 5) is 13.9. The summed E-state index contributed by atoms with van der Waals surface area (Å²) in [6.07, 6.45) is 2.17. The highest BCUT2D eigenvalue weighted by Crippen LogP contribution is 2.14. The molecule has 1 amide bonds. The number of methoxy groups -OCH3 is 1. The Morgan fingerprint density at radius 3 is 3.12 bits per heavy atom. The van der Waals surface area contributed by atoms with E-state index < -0.39 is 0 Å². The fraction of sp³-hybridized carbons (Fsp3) is 0.583. The predicted molar refractivity (Wildman–Crippen MR) is 62.8 cm³/mol. The third-order valence-corrected chi connectivity index (χ3v) is 3.04. The summed E-state index contributed by atoms with van der Waals surface area (Å²) in [6.45, 7) is 2.32. The van der Waals surface area contributed by atoms with Crippen LogP contribution >= 0.6 is 0 Å². The van der Waals surface area contributed by atoms with Crippen LogP contribution in [0.25, 0.3) is 0 Å². The van der Waals surface area contributed by atoms with E-state index in [0.717, 1.165) is 0 Å². The number of rotatable bonds is 4. The lowest BCUT2D eigenvalue weighted by molar-refractivity contribution is 0.0752. The van der Waals surface area contributed by atoms with Gasteiger partial charge in [0.05, 0.1) is 12.7 Å². The molecule has 0 bridgehead atoms. The molecule has 17 heavy (non-hydrogen) atoms. The van der Waals surface area contributed by atoms with Crippen LogP contribution in [0.5, 0.6) is 0 Å². The lowest BCUT2D eigenvalue weighted by Gasteiger charge is -2.17. The van der Waals surface area contributed by atoms with Gasteiger partial charge in [0.15, 0.2) is 0 Å². The van der Waals surface area contributed by atoms with Crippen LogP contribution in [-0.4, -0.2) is 53.4 Å². The lowest BCUT2D eigenvalue weighted by atomic mass is 10.3. The molecule has 2 heterocycles. The van der Waals surface area contributed by atoms with Crippen molar-refractivity contribution in [3.63, 3.8) is 0 Å². The number of aromatic nitrogens is 1. The van der Waals surface area contributed by atoms with Gasteiger partial charge < -0.3 is 19.3 Å². The molecule has 0 saturated carbocycles. The highest BCUT2D eigenvalue weighted by atomic mass is 16.5. The summed E-state index contributed by atoms with van der Waals surface area (Å²) >= 11 is 0. The van der Waals surface area contributed by atoms with Crippen LogP contribution in [0.15, 0.2) is 18.3 Å². The minimum atomic E-state index is -0.374. The first kappa shape index (κ1) is 12.1. The fourth-order valence-electron chi connectivity index (χ4n) is 2.08. The molecule has 1 saturated heterocycles. The molecule has 1 aliphatic heterocycles. The van der Waals surface area contributed by atoms with Crippen molar-refractivity contribution in [1.29, 1.82) is 0 Å². The number of β-amino-alcohol motifs (C(OH)–C–C–N with tert-alkyl or cyclic N) is 1. The molecule has 1 atom stereocenters. The van der Waals surface area contributed by atoms with Crippen molar-refractivity contribution in [3.8, 4) is 0 Å². The summed E-state index contributed by atoms with van der Waals surface area (Å²) in [5.41, 5.74) is 0.663. The average Bonchev–Trinajstić information content (AvgIpc) is 2.94. The number of nitrogens with zero attached hydrogens (tertiary/aromatic N) is 2. The van der Waals surface area contributed by atoms with Crippen molar-refractivity contribution in [2.75, 3.05) is 26.8 Å². The van der Waals surface area contributed by atoms with E-state index >= 15 is 0 Å². The topological polar surface area (TPSA) is 54.7 Å². The first-order valence-corrected chi connectivity index (χ1v) is 5.84. The summed E-state index contributed by atoms with van der Waals surface area (Å²) in [5.74, 6) is -0.0114. The van der Waals surface area contributed by atoms with Crippen LogP contribution in [0.3, 0.4) is 0 Å². The Bertz CT molecular complexity index is 389. The molecule has 1 N–H and O–H groups in total. The molecule has 1 aliphatic rings. The van der Waals surface area contributed by atoms with Gasteiger partial charge in [-0.3, -0.25) is 4.79 Å². The van der Waals surface area contributed by atoms with Crippen LogP contribution < -0.4 is 0 Å². The molecule has 1 aromatic rings. The van der Waals surface area contributed by atoms with Gasteiger partial charge in [0, 0.05) is 32.9 Å². The van der Waals surface area contributed by atoms with Gasteiger partial charge in [0.1, 0.15) is 5.69 Å². The first-order chi connectivity index (χ1) is 8.22. The molecular weight excluding hydrogens is 220 g/mol. The number of carbonyl (C=O) groups excluding carboxylic acids is 1. The fourth-order valence-corrected chi connectivity index (χ4v) is 2.08. The molecule has 1 aromatic heterocycles. The van der Waals surface area contributed by atoms with Crippen molar-refractivity contribution in [2.24, 2.45) is 0 Å². The van der Waals surface area contributed by atoms with Crippen LogP contribution in [0.1, 0.15) is 16.9 Å². The number of carbonyl (C=O) groups is 1. The van der Waals surface area contributed by atoms with Crippen LogP contribution in [0, 0.1) is 0 Å². The first-order valence-electron chi connectivity index (χ1n) is 5.84. The molecule has 0 spiro atoms. The van der Waals surface area contributed by atoms with Gasteiger partial charge in [0.25, 0.3) is 5.91 Å². The maximum absolute atomic E-state index is 12.2. The second kappa shape index (κ2) is 5.33. The zero-order chi connectivity index (χ0) is 12.3. The van der Waals surface area contributed by atoms with Crippen molar-refractivity contribution in [1.82, 2.24) is 9.47 Å². The minimum absolute atomic E-state index is 0.0114. The van der Waals surface area contributed by atoms with Gasteiger partial charge in [-0.1, -0.05) is 0 Å². The van der Waals surface area contributed by atoms with Gasteiger partial charge in [-0.05, 0) is 18.6 Å². The van der Waals surface area contributed by atoms with E-state index in [1.165, 1.54) is 0 Å². The highest BCUT2D eigenvalue weighted by molar-refractivity contribution is 5.93. The zero-order valence-electron chi connectivity index (χ0n) is 10.0. The Balaban J connectivity index is 2.06. The second-order valence-corrected chi connectivity index (χ2v) is 4.27. The van der Waals surface area contributed by atoms with Gasteiger partial charge in [-0.2, -0.15) is 0 Å². The summed E-state index contributed by atoms with van der Waals surface area (Å²) in [6, 6.07) is 3.66. The van der Waals surface area contributed by atoms with E-state index in [4.69, 9.17) is 4.74 Å². The van der Waals surface area contributed by atoms with E-state index in [0.29, 0.717) is 38.4 Å². The number of likely N-dealkylation sites (tertiary alicyclic amines) is 1. The number of hydrogen-bond donors (Lipinski definition) is 1. The Morgan fingerprint density at radius 2 is 2.47 bits per heavy atom. The van der Waals surface area contributed by atoms with Gasteiger partial charge in [-0.25, -0.2) is 0 Å². The molecule has 0 radical (unpaired) electrons. The number of aliphatic hydroxyl groups is 1. The number of ether oxygens (including phenoxy) is 1. The molecule has 2 rings (SSSR count). The number of hydrogen-bond acceptors (Lipinski definition) is 3. The second-order valence-electron chi connectivity index (χ2n) is 4.27. The van der Waals surface area contributed by atoms with E-state index in [9.17, 15) is 9.90 Å². The average molecular weight is 238 g/mol. The highest BCUT2D eigenvalue weighted by Gasteiger charge is 2.26. The van der Waals surface area contributed by atoms with Crippen molar-refractivity contribution >= 4 is 5.91 Å².